The van der Waals surface area contributed by atoms with Crippen molar-refractivity contribution in [2.75, 3.05) is 6.54 Å². The number of nitrogens with zero attached hydrogens (tertiary/aromatic N) is 1. The first kappa shape index (κ1) is 20.6. The number of H-pyrrole nitrogens is 1. The van der Waals surface area contributed by atoms with Crippen LogP contribution in [0.3, 0.4) is 0 Å². The van der Waals surface area contributed by atoms with E-state index in [9.17, 15) is 9.59 Å². The van der Waals surface area contributed by atoms with Crippen molar-refractivity contribution in [2.45, 2.75) is 39.7 Å². The number of hydrogen-bond donors (Lipinski definition) is 3. The summed E-state index contributed by atoms with van der Waals surface area (Å²) in [5.74, 6) is 0.715. The van der Waals surface area contributed by atoms with Crippen LogP contribution in [-0.2, 0) is 11.2 Å². The van der Waals surface area contributed by atoms with E-state index >= 15 is 0 Å². The first-order chi connectivity index (χ1) is 13.9. The van der Waals surface area contributed by atoms with Crippen LogP contribution in [0.4, 0.5) is 0 Å². The number of amides is 2. The molecule has 1 unspecified atom stereocenters. The quantitative estimate of drug-likeness (QED) is 0.549. The number of nitrogens with one attached hydrogen (secondary N) is 3. The SMILES string of the molecule is Cc1ccccc1C(=O)NC(CC(C)C)C(=O)NCCc1nc2ccccc2[nH]1. The summed E-state index contributed by atoms with van der Waals surface area (Å²) < 4.78 is 0. The van der Waals surface area contributed by atoms with Crippen LogP contribution in [0.25, 0.3) is 11.0 Å². The molecule has 0 bridgehead atoms. The first-order valence-corrected chi connectivity index (χ1v) is 10.0. The summed E-state index contributed by atoms with van der Waals surface area (Å²) in [5.41, 5.74) is 3.38. The first-order valence-electron chi connectivity index (χ1n) is 10.0. The standard InChI is InChI=1S/C23H28N4O2/c1-15(2)14-20(27-22(28)17-9-5-4-8-16(17)3)23(29)24-13-12-21-25-18-10-6-7-11-19(18)26-21/h4-11,15,20H,12-14H2,1-3H3,(H,24,29)(H,25,26)(H,27,28). The molecule has 2 aromatic carbocycles. The average molecular weight is 393 g/mol. The van der Waals surface area contributed by atoms with E-state index in [0.29, 0.717) is 24.9 Å². The lowest BCUT2D eigenvalue weighted by Crippen LogP contribution is -2.48. The number of benzene rings is 2. The Morgan fingerprint density at radius 3 is 2.52 bits per heavy atom. The predicted molar refractivity (Wildman–Crippen MR) is 115 cm³/mol. The third kappa shape index (κ3) is 5.44. The Labute approximate surface area is 171 Å². The number of imidazole rings is 1. The van der Waals surface area contributed by atoms with Gasteiger partial charge in [-0.15, -0.1) is 0 Å². The van der Waals surface area contributed by atoms with Crippen LogP contribution in [0.5, 0.6) is 0 Å². The summed E-state index contributed by atoms with van der Waals surface area (Å²) in [6, 6.07) is 14.6. The Bertz CT molecular complexity index is 960. The van der Waals surface area contributed by atoms with E-state index in [2.05, 4.69) is 20.6 Å². The number of aromatic amines is 1. The summed E-state index contributed by atoms with van der Waals surface area (Å²) in [4.78, 5) is 33.2. The number of carbonyl (C=O) groups is 2. The number of para-hydroxylation sites is 2. The second-order valence-corrected chi connectivity index (χ2v) is 7.71. The van der Waals surface area contributed by atoms with Gasteiger partial charge in [-0.1, -0.05) is 44.2 Å². The lowest BCUT2D eigenvalue weighted by Gasteiger charge is -2.20. The zero-order valence-electron chi connectivity index (χ0n) is 17.2. The summed E-state index contributed by atoms with van der Waals surface area (Å²) >= 11 is 0. The fourth-order valence-corrected chi connectivity index (χ4v) is 3.32. The number of aryl methyl sites for hydroxylation is 1. The molecule has 0 saturated heterocycles. The molecule has 29 heavy (non-hydrogen) atoms. The number of hydrogen-bond acceptors (Lipinski definition) is 3. The number of rotatable bonds is 8. The summed E-state index contributed by atoms with van der Waals surface area (Å²) in [6.07, 6.45) is 1.18. The Morgan fingerprint density at radius 2 is 1.79 bits per heavy atom. The Morgan fingerprint density at radius 1 is 1.07 bits per heavy atom. The molecule has 2 amide bonds. The van der Waals surface area contributed by atoms with Gasteiger partial charge in [-0.05, 0) is 43.0 Å². The maximum absolute atomic E-state index is 12.7. The van der Waals surface area contributed by atoms with Crippen molar-refractivity contribution < 1.29 is 9.59 Å². The third-order valence-electron chi connectivity index (χ3n) is 4.82. The molecule has 6 nitrogen and oxygen atoms in total. The van der Waals surface area contributed by atoms with Crippen LogP contribution in [0.1, 0.15) is 42.0 Å². The van der Waals surface area contributed by atoms with Crippen LogP contribution in [0.15, 0.2) is 48.5 Å². The highest BCUT2D eigenvalue weighted by atomic mass is 16.2. The van der Waals surface area contributed by atoms with Crippen LogP contribution in [0, 0.1) is 12.8 Å². The van der Waals surface area contributed by atoms with Crippen molar-refractivity contribution >= 4 is 22.8 Å². The maximum atomic E-state index is 12.7. The molecule has 1 aromatic heterocycles. The predicted octanol–water partition coefficient (Wildman–Crippen LogP) is 3.37. The van der Waals surface area contributed by atoms with Gasteiger partial charge in [0.25, 0.3) is 5.91 Å². The highest BCUT2D eigenvalue weighted by molar-refractivity contribution is 5.98. The molecular formula is C23H28N4O2. The molecule has 3 N–H and O–H groups in total. The van der Waals surface area contributed by atoms with Gasteiger partial charge in [0.05, 0.1) is 11.0 Å². The van der Waals surface area contributed by atoms with Crippen molar-refractivity contribution in [3.8, 4) is 0 Å². The lowest BCUT2D eigenvalue weighted by atomic mass is 10.0. The van der Waals surface area contributed by atoms with Gasteiger partial charge in [0.1, 0.15) is 11.9 Å². The molecule has 0 aliphatic rings. The van der Waals surface area contributed by atoms with Crippen molar-refractivity contribution in [2.24, 2.45) is 5.92 Å². The third-order valence-corrected chi connectivity index (χ3v) is 4.82. The van der Waals surface area contributed by atoms with Crippen LogP contribution in [0.2, 0.25) is 0 Å². The minimum Gasteiger partial charge on any atom is -0.354 e. The van der Waals surface area contributed by atoms with Gasteiger partial charge >= 0.3 is 0 Å². The highest BCUT2D eigenvalue weighted by Crippen LogP contribution is 2.11. The van der Waals surface area contributed by atoms with Crippen LogP contribution in [-0.4, -0.2) is 34.4 Å². The van der Waals surface area contributed by atoms with E-state index in [4.69, 9.17) is 0 Å². The molecule has 0 fully saturated rings. The Kier molecular flexibility index (Phi) is 6.65. The van der Waals surface area contributed by atoms with Crippen LogP contribution < -0.4 is 10.6 Å². The van der Waals surface area contributed by atoms with Gasteiger partial charge < -0.3 is 15.6 Å². The van der Waals surface area contributed by atoms with E-state index in [1.807, 2.05) is 63.2 Å². The van der Waals surface area contributed by atoms with Gasteiger partial charge in [0.15, 0.2) is 0 Å². The molecule has 0 saturated carbocycles. The molecule has 152 valence electrons. The molecule has 0 aliphatic heterocycles. The van der Waals surface area contributed by atoms with Gasteiger partial charge in [-0.25, -0.2) is 4.98 Å². The molecule has 1 heterocycles. The van der Waals surface area contributed by atoms with Crippen molar-refractivity contribution in [1.82, 2.24) is 20.6 Å². The molecule has 0 spiro atoms. The van der Waals surface area contributed by atoms with Crippen molar-refractivity contribution in [1.29, 1.82) is 0 Å². The molecule has 0 aliphatic carbocycles. The largest absolute Gasteiger partial charge is 0.354 e. The zero-order valence-corrected chi connectivity index (χ0v) is 17.2. The van der Waals surface area contributed by atoms with Crippen molar-refractivity contribution in [3.63, 3.8) is 0 Å². The summed E-state index contributed by atoms with van der Waals surface area (Å²) in [6.45, 7) is 6.41. The van der Waals surface area contributed by atoms with E-state index in [1.165, 1.54) is 0 Å². The monoisotopic (exact) mass is 392 g/mol. The lowest BCUT2D eigenvalue weighted by molar-refractivity contribution is -0.123. The normalized spacial score (nSPS) is 12.1. The van der Waals surface area contributed by atoms with E-state index < -0.39 is 6.04 Å². The maximum Gasteiger partial charge on any atom is 0.252 e. The topological polar surface area (TPSA) is 86.9 Å². The van der Waals surface area contributed by atoms with E-state index in [-0.39, 0.29) is 17.7 Å². The average Bonchev–Trinajstić information content (AvgIpc) is 3.10. The minimum atomic E-state index is -0.572. The number of aromatic nitrogens is 2. The fourth-order valence-electron chi connectivity index (χ4n) is 3.32. The van der Waals surface area contributed by atoms with Crippen molar-refractivity contribution in [3.05, 3.63) is 65.5 Å². The van der Waals surface area contributed by atoms with Crippen LogP contribution >= 0.6 is 0 Å². The smallest absolute Gasteiger partial charge is 0.252 e. The number of carbonyl (C=O) groups excluding carboxylic acids is 2. The van der Waals surface area contributed by atoms with Gasteiger partial charge in [0, 0.05) is 18.5 Å². The molecule has 3 rings (SSSR count). The molecule has 0 radical (unpaired) electrons. The summed E-state index contributed by atoms with van der Waals surface area (Å²) in [5, 5.41) is 5.84. The van der Waals surface area contributed by atoms with E-state index in [0.717, 1.165) is 22.4 Å². The Balaban J connectivity index is 1.59. The van der Waals surface area contributed by atoms with Gasteiger partial charge in [-0.2, -0.15) is 0 Å². The summed E-state index contributed by atoms with van der Waals surface area (Å²) in [7, 11) is 0. The molecule has 1 atom stereocenters. The Hall–Kier alpha value is -3.15. The molecular weight excluding hydrogens is 364 g/mol. The van der Waals surface area contributed by atoms with E-state index in [1.54, 1.807) is 6.07 Å². The minimum absolute atomic E-state index is 0.170. The second kappa shape index (κ2) is 9.37. The highest BCUT2D eigenvalue weighted by Gasteiger charge is 2.23. The van der Waals surface area contributed by atoms with Gasteiger partial charge in [-0.3, -0.25) is 9.59 Å². The van der Waals surface area contributed by atoms with Gasteiger partial charge in [0.2, 0.25) is 5.91 Å². The second-order valence-electron chi connectivity index (χ2n) is 7.71. The zero-order chi connectivity index (χ0) is 20.8. The fraction of sp³-hybridized carbons (Fsp3) is 0.348. The molecule has 6 heteroatoms. The number of fused-ring (bicyclic) bond motifs is 1. The molecule has 3 aromatic rings.